The third-order valence-electron chi connectivity index (χ3n) is 3.34. The highest BCUT2D eigenvalue weighted by molar-refractivity contribution is 5.08. The molecule has 5 atom stereocenters. The standard InChI is InChI=1S/C14H24N2O7/c1-2-23-12(7-18)14(22)13(21)9-5-15-8(4-16-9)3-10(19)11(20)6-17/h4-5,10-14,17-22H,2-3,6-7H2,1H3/t10-,11+,12-,13+,14+/m0/s1. The van der Waals surface area contributed by atoms with Gasteiger partial charge in [-0.2, -0.15) is 0 Å². The van der Waals surface area contributed by atoms with Crippen molar-refractivity contribution < 1.29 is 35.4 Å². The van der Waals surface area contributed by atoms with Crippen molar-refractivity contribution in [2.24, 2.45) is 0 Å². The normalized spacial score (nSPS) is 18.2. The first-order chi connectivity index (χ1) is 10.9. The molecule has 0 spiro atoms. The van der Waals surface area contributed by atoms with E-state index in [4.69, 9.17) is 14.9 Å². The minimum Gasteiger partial charge on any atom is -0.394 e. The van der Waals surface area contributed by atoms with Crippen LogP contribution in [0.2, 0.25) is 0 Å². The van der Waals surface area contributed by atoms with Crippen LogP contribution in [0.15, 0.2) is 12.4 Å². The summed E-state index contributed by atoms with van der Waals surface area (Å²) < 4.78 is 5.12. The van der Waals surface area contributed by atoms with Gasteiger partial charge in [0.25, 0.3) is 0 Å². The van der Waals surface area contributed by atoms with E-state index in [0.717, 1.165) is 0 Å². The molecule has 0 radical (unpaired) electrons. The lowest BCUT2D eigenvalue weighted by Crippen LogP contribution is -2.37. The van der Waals surface area contributed by atoms with Gasteiger partial charge < -0.3 is 35.4 Å². The van der Waals surface area contributed by atoms with Crippen LogP contribution in [0.4, 0.5) is 0 Å². The number of hydrogen-bond donors (Lipinski definition) is 6. The average Bonchev–Trinajstić information content (AvgIpc) is 2.58. The van der Waals surface area contributed by atoms with Crippen molar-refractivity contribution in [1.29, 1.82) is 0 Å². The third-order valence-corrected chi connectivity index (χ3v) is 3.34. The Labute approximate surface area is 133 Å². The van der Waals surface area contributed by atoms with Gasteiger partial charge in [-0.1, -0.05) is 0 Å². The van der Waals surface area contributed by atoms with E-state index < -0.39 is 43.7 Å². The Morgan fingerprint density at radius 3 is 2.17 bits per heavy atom. The van der Waals surface area contributed by atoms with Crippen LogP contribution in [0.1, 0.15) is 24.4 Å². The molecule has 0 aromatic carbocycles. The number of aliphatic hydroxyl groups excluding tert-OH is 6. The zero-order valence-corrected chi connectivity index (χ0v) is 12.9. The van der Waals surface area contributed by atoms with Crippen LogP contribution in [0.3, 0.4) is 0 Å². The summed E-state index contributed by atoms with van der Waals surface area (Å²) in [4.78, 5) is 7.93. The maximum Gasteiger partial charge on any atom is 0.126 e. The molecule has 0 bridgehead atoms. The van der Waals surface area contributed by atoms with Crippen molar-refractivity contribution in [2.75, 3.05) is 19.8 Å². The van der Waals surface area contributed by atoms with Crippen LogP contribution in [0.25, 0.3) is 0 Å². The minimum absolute atomic E-state index is 0.0220. The predicted molar refractivity (Wildman–Crippen MR) is 78.3 cm³/mol. The van der Waals surface area contributed by atoms with Gasteiger partial charge in [0.15, 0.2) is 0 Å². The third kappa shape index (κ3) is 5.74. The highest BCUT2D eigenvalue weighted by atomic mass is 16.5. The first kappa shape index (κ1) is 19.8. The summed E-state index contributed by atoms with van der Waals surface area (Å²) in [5, 5.41) is 56.8. The van der Waals surface area contributed by atoms with E-state index in [1.165, 1.54) is 12.4 Å². The largest absolute Gasteiger partial charge is 0.394 e. The van der Waals surface area contributed by atoms with Crippen molar-refractivity contribution in [1.82, 2.24) is 9.97 Å². The Balaban J connectivity index is 2.71. The summed E-state index contributed by atoms with van der Waals surface area (Å²) in [6.45, 7) is 0.938. The topological polar surface area (TPSA) is 156 Å². The van der Waals surface area contributed by atoms with Crippen molar-refractivity contribution in [2.45, 2.75) is 43.9 Å². The van der Waals surface area contributed by atoms with E-state index in [-0.39, 0.29) is 18.7 Å². The van der Waals surface area contributed by atoms with Gasteiger partial charge in [-0.05, 0) is 6.92 Å². The Morgan fingerprint density at radius 1 is 1.00 bits per heavy atom. The molecule has 0 saturated heterocycles. The highest BCUT2D eigenvalue weighted by Gasteiger charge is 2.28. The van der Waals surface area contributed by atoms with Gasteiger partial charge in [0.2, 0.25) is 0 Å². The molecule has 132 valence electrons. The van der Waals surface area contributed by atoms with E-state index in [9.17, 15) is 20.4 Å². The average molecular weight is 332 g/mol. The molecule has 1 aromatic rings. The molecule has 1 rings (SSSR count). The fraction of sp³-hybridized carbons (Fsp3) is 0.714. The molecule has 23 heavy (non-hydrogen) atoms. The lowest BCUT2D eigenvalue weighted by atomic mass is 10.1. The van der Waals surface area contributed by atoms with Crippen molar-refractivity contribution in [3.8, 4) is 0 Å². The van der Waals surface area contributed by atoms with Gasteiger partial charge in [-0.15, -0.1) is 0 Å². The monoisotopic (exact) mass is 332 g/mol. The van der Waals surface area contributed by atoms with E-state index in [1.54, 1.807) is 6.92 Å². The van der Waals surface area contributed by atoms with Crippen LogP contribution >= 0.6 is 0 Å². The smallest absolute Gasteiger partial charge is 0.126 e. The summed E-state index contributed by atoms with van der Waals surface area (Å²) in [6.07, 6.45) is -3.69. The molecular weight excluding hydrogens is 308 g/mol. The predicted octanol–water partition coefficient (Wildman–Crippen LogP) is -2.48. The number of aromatic nitrogens is 2. The molecule has 9 nitrogen and oxygen atoms in total. The van der Waals surface area contributed by atoms with Gasteiger partial charge >= 0.3 is 0 Å². The molecule has 9 heteroatoms. The first-order valence-corrected chi connectivity index (χ1v) is 7.30. The highest BCUT2D eigenvalue weighted by Crippen LogP contribution is 2.18. The van der Waals surface area contributed by atoms with E-state index in [2.05, 4.69) is 9.97 Å². The van der Waals surface area contributed by atoms with Crippen LogP contribution < -0.4 is 0 Å². The molecule has 6 N–H and O–H groups in total. The van der Waals surface area contributed by atoms with Gasteiger partial charge in [0, 0.05) is 19.2 Å². The molecular formula is C14H24N2O7. The van der Waals surface area contributed by atoms with E-state index >= 15 is 0 Å². The number of nitrogens with zero attached hydrogens (tertiary/aromatic N) is 2. The molecule has 0 aliphatic carbocycles. The lowest BCUT2D eigenvalue weighted by Gasteiger charge is -2.24. The summed E-state index contributed by atoms with van der Waals surface area (Å²) >= 11 is 0. The molecule has 0 fully saturated rings. The number of hydrogen-bond acceptors (Lipinski definition) is 9. The van der Waals surface area contributed by atoms with Crippen LogP contribution in [-0.4, -0.2) is 84.8 Å². The number of ether oxygens (including phenoxy) is 1. The van der Waals surface area contributed by atoms with Gasteiger partial charge in [-0.25, -0.2) is 0 Å². The molecule has 0 unspecified atom stereocenters. The number of rotatable bonds is 10. The van der Waals surface area contributed by atoms with Crippen molar-refractivity contribution in [3.63, 3.8) is 0 Å². The summed E-state index contributed by atoms with van der Waals surface area (Å²) in [7, 11) is 0. The second-order valence-corrected chi connectivity index (χ2v) is 5.07. The van der Waals surface area contributed by atoms with Crippen LogP contribution in [0.5, 0.6) is 0 Å². The van der Waals surface area contributed by atoms with Gasteiger partial charge in [0.1, 0.15) is 24.4 Å². The first-order valence-electron chi connectivity index (χ1n) is 7.30. The maximum absolute atomic E-state index is 10.1. The van der Waals surface area contributed by atoms with E-state index in [0.29, 0.717) is 5.69 Å². The minimum atomic E-state index is -1.40. The van der Waals surface area contributed by atoms with E-state index in [1.807, 2.05) is 0 Å². The van der Waals surface area contributed by atoms with Gasteiger partial charge in [-0.3, -0.25) is 9.97 Å². The van der Waals surface area contributed by atoms with Crippen LogP contribution in [-0.2, 0) is 11.2 Å². The fourth-order valence-electron chi connectivity index (χ4n) is 1.95. The maximum atomic E-state index is 10.1. The molecule has 0 aliphatic heterocycles. The Hall–Kier alpha value is -1.20. The zero-order valence-electron chi connectivity index (χ0n) is 12.9. The fourth-order valence-corrected chi connectivity index (χ4v) is 1.95. The number of aliphatic hydroxyl groups is 6. The molecule has 0 aliphatic rings. The Bertz CT molecular complexity index is 445. The molecule has 0 amide bonds. The Morgan fingerprint density at radius 2 is 1.70 bits per heavy atom. The SMILES string of the molecule is CCO[C@@H](CO)[C@@H](O)[C@H](O)c1cnc(C[C@H](O)[C@H](O)CO)cn1. The summed E-state index contributed by atoms with van der Waals surface area (Å²) in [5.41, 5.74) is 0.426. The summed E-state index contributed by atoms with van der Waals surface area (Å²) in [6, 6.07) is 0. The van der Waals surface area contributed by atoms with Crippen molar-refractivity contribution in [3.05, 3.63) is 23.8 Å². The van der Waals surface area contributed by atoms with Gasteiger partial charge in [0.05, 0.1) is 36.9 Å². The second kappa shape index (κ2) is 9.83. The zero-order chi connectivity index (χ0) is 17.4. The molecule has 1 aromatic heterocycles. The van der Waals surface area contributed by atoms with Crippen LogP contribution in [0, 0.1) is 0 Å². The lowest BCUT2D eigenvalue weighted by molar-refractivity contribution is -0.106. The molecule has 0 saturated carbocycles. The second-order valence-electron chi connectivity index (χ2n) is 5.07. The quantitative estimate of drug-likeness (QED) is 0.273. The Kier molecular flexibility index (Phi) is 8.48. The summed E-state index contributed by atoms with van der Waals surface area (Å²) in [5.74, 6) is 0. The van der Waals surface area contributed by atoms with Crippen molar-refractivity contribution >= 4 is 0 Å². The molecule has 1 heterocycles.